The van der Waals surface area contributed by atoms with Crippen LogP contribution in [0.3, 0.4) is 0 Å². The number of rotatable bonds is 0. The normalized spacial score (nSPS) is 69.1. The molecule has 6 aliphatic rings. The van der Waals surface area contributed by atoms with Crippen LogP contribution in [0.15, 0.2) is 0 Å². The van der Waals surface area contributed by atoms with Gasteiger partial charge in [-0.05, 0) is 79.4 Å². The minimum atomic E-state index is -0.657. The Bertz CT molecular complexity index is 645. The second-order valence-electron chi connectivity index (χ2n) is 10.8. The predicted molar refractivity (Wildman–Crippen MR) is 88.9 cm³/mol. The summed E-state index contributed by atoms with van der Waals surface area (Å²) >= 11 is 0. The van der Waals surface area contributed by atoms with Gasteiger partial charge in [0.2, 0.25) is 0 Å². The van der Waals surface area contributed by atoms with Crippen LogP contribution >= 0.6 is 0 Å². The van der Waals surface area contributed by atoms with Gasteiger partial charge >= 0.3 is 0 Å². The molecule has 0 aromatic carbocycles. The van der Waals surface area contributed by atoms with Crippen LogP contribution in [0.5, 0.6) is 0 Å². The average Bonchev–Trinajstić information content (AvgIpc) is 3.41. The topological polar surface area (TPSA) is 57.5 Å². The van der Waals surface area contributed by atoms with E-state index in [0.717, 1.165) is 38.5 Å². The molecule has 6 saturated carbocycles. The highest BCUT2D eigenvalue weighted by molar-refractivity contribution is 5.92. The zero-order chi connectivity index (χ0) is 16.6. The number of aliphatic hydroxyl groups is 2. The lowest BCUT2D eigenvalue weighted by atomic mass is 9.43. The molecule has 0 amide bonds. The Hall–Kier alpha value is -0.410. The molecular formula is C21H30O3. The van der Waals surface area contributed by atoms with Crippen molar-refractivity contribution < 1.29 is 15.0 Å². The molecule has 0 aliphatic heterocycles. The first-order valence-corrected chi connectivity index (χ1v) is 10.3. The lowest BCUT2D eigenvalue weighted by Crippen LogP contribution is -2.64. The van der Waals surface area contributed by atoms with Crippen molar-refractivity contribution in [3.05, 3.63) is 0 Å². The van der Waals surface area contributed by atoms with Gasteiger partial charge in [0.1, 0.15) is 5.78 Å². The molecule has 0 bridgehead atoms. The van der Waals surface area contributed by atoms with E-state index in [0.29, 0.717) is 53.6 Å². The lowest BCUT2D eigenvalue weighted by Gasteiger charge is -2.63. The molecule has 2 N–H and O–H groups in total. The number of hydrogen-bond donors (Lipinski definition) is 2. The summed E-state index contributed by atoms with van der Waals surface area (Å²) in [4.78, 5) is 12.9. The van der Waals surface area contributed by atoms with Gasteiger partial charge in [0.05, 0.1) is 11.7 Å². The van der Waals surface area contributed by atoms with Crippen LogP contribution in [0.2, 0.25) is 0 Å². The van der Waals surface area contributed by atoms with Crippen LogP contribution < -0.4 is 0 Å². The van der Waals surface area contributed by atoms with E-state index in [1.54, 1.807) is 0 Å². The highest BCUT2D eigenvalue weighted by Crippen LogP contribution is 2.78. The first-order valence-electron chi connectivity index (χ1n) is 10.3. The monoisotopic (exact) mass is 330 g/mol. The second-order valence-corrected chi connectivity index (χ2v) is 10.8. The molecule has 6 rings (SSSR count). The van der Waals surface area contributed by atoms with Crippen molar-refractivity contribution in [2.24, 2.45) is 52.3 Å². The van der Waals surface area contributed by atoms with Crippen LogP contribution in [0.4, 0.5) is 0 Å². The van der Waals surface area contributed by atoms with Crippen molar-refractivity contribution in [2.45, 2.75) is 70.5 Å². The summed E-state index contributed by atoms with van der Waals surface area (Å²) in [5, 5.41) is 21.9. The predicted octanol–water partition coefficient (Wildman–Crippen LogP) is 2.79. The summed E-state index contributed by atoms with van der Waals surface area (Å²) in [5.74, 6) is 4.46. The van der Waals surface area contributed by atoms with Gasteiger partial charge in [0.15, 0.2) is 0 Å². The van der Waals surface area contributed by atoms with E-state index in [9.17, 15) is 15.0 Å². The van der Waals surface area contributed by atoms with Gasteiger partial charge in [-0.15, -0.1) is 0 Å². The van der Waals surface area contributed by atoms with Gasteiger partial charge in [-0.3, -0.25) is 4.79 Å². The number of fused-ring (bicyclic) bond motifs is 10. The van der Waals surface area contributed by atoms with Crippen molar-refractivity contribution in [1.29, 1.82) is 0 Å². The molecule has 24 heavy (non-hydrogen) atoms. The van der Waals surface area contributed by atoms with Crippen molar-refractivity contribution in [3.63, 3.8) is 0 Å². The molecule has 0 aromatic heterocycles. The Kier molecular flexibility index (Phi) is 2.43. The maximum Gasteiger partial charge on any atom is 0.142 e. The van der Waals surface area contributed by atoms with Crippen LogP contribution in [0, 0.1) is 52.3 Å². The molecule has 6 fully saturated rings. The SMILES string of the molecule is C[C@]12CCC3C(C4CC4[C@]4(O)CC(O)CC[C@]34C)C1C1CC1C2=O. The summed E-state index contributed by atoms with van der Waals surface area (Å²) in [6, 6.07) is 0. The fourth-order valence-electron chi connectivity index (χ4n) is 8.83. The minimum Gasteiger partial charge on any atom is -0.393 e. The molecule has 132 valence electrons. The van der Waals surface area contributed by atoms with E-state index in [4.69, 9.17) is 0 Å². The molecule has 6 aliphatic carbocycles. The van der Waals surface area contributed by atoms with E-state index in [-0.39, 0.29) is 16.9 Å². The highest BCUT2D eigenvalue weighted by Gasteiger charge is 2.78. The number of carbonyl (C=O) groups excluding carboxylic acids is 1. The third-order valence-electron chi connectivity index (χ3n) is 10.1. The zero-order valence-electron chi connectivity index (χ0n) is 14.9. The zero-order valence-corrected chi connectivity index (χ0v) is 14.9. The lowest BCUT2D eigenvalue weighted by molar-refractivity contribution is -0.225. The Morgan fingerprint density at radius 1 is 1.04 bits per heavy atom. The molecule has 0 radical (unpaired) electrons. The largest absolute Gasteiger partial charge is 0.393 e. The van der Waals surface area contributed by atoms with Gasteiger partial charge in [-0.2, -0.15) is 0 Å². The van der Waals surface area contributed by atoms with Crippen LogP contribution in [-0.2, 0) is 4.79 Å². The van der Waals surface area contributed by atoms with Crippen molar-refractivity contribution in [3.8, 4) is 0 Å². The minimum absolute atomic E-state index is 0.0497. The highest BCUT2D eigenvalue weighted by atomic mass is 16.3. The molecular weight excluding hydrogens is 300 g/mol. The fraction of sp³-hybridized carbons (Fsp3) is 0.952. The third kappa shape index (κ3) is 1.37. The molecule has 0 heterocycles. The number of carbonyl (C=O) groups is 1. The number of ketones is 1. The van der Waals surface area contributed by atoms with Crippen LogP contribution in [0.1, 0.15) is 58.8 Å². The standard InChI is InChI=1S/C21H30O3/c1-19-5-4-14-16(17(19)11-7-12(11)18(19)23)13-8-15(13)21(24)9-10(22)3-6-20(14,21)2/h10-17,22,24H,3-9H2,1-2H3/t10?,11?,12?,13?,14?,15?,16?,17?,19-,20+,21+/m0/s1. The Morgan fingerprint density at radius 3 is 2.62 bits per heavy atom. The molecule has 0 aromatic rings. The summed E-state index contributed by atoms with van der Waals surface area (Å²) in [7, 11) is 0. The van der Waals surface area contributed by atoms with E-state index in [1.165, 1.54) is 0 Å². The first kappa shape index (κ1) is 14.7. The Morgan fingerprint density at radius 2 is 1.83 bits per heavy atom. The smallest absolute Gasteiger partial charge is 0.142 e. The van der Waals surface area contributed by atoms with Crippen molar-refractivity contribution >= 4 is 5.78 Å². The maximum atomic E-state index is 12.9. The van der Waals surface area contributed by atoms with Crippen LogP contribution in [0.25, 0.3) is 0 Å². The first-order chi connectivity index (χ1) is 11.3. The van der Waals surface area contributed by atoms with Gasteiger partial charge in [-0.25, -0.2) is 0 Å². The number of hydrogen-bond acceptors (Lipinski definition) is 3. The summed E-state index contributed by atoms with van der Waals surface area (Å²) < 4.78 is 0. The number of aliphatic hydroxyl groups excluding tert-OH is 1. The third-order valence-corrected chi connectivity index (χ3v) is 10.1. The van der Waals surface area contributed by atoms with E-state index < -0.39 is 5.60 Å². The fourth-order valence-corrected chi connectivity index (χ4v) is 8.83. The quantitative estimate of drug-likeness (QED) is 0.718. The van der Waals surface area contributed by atoms with E-state index in [1.807, 2.05) is 0 Å². The van der Waals surface area contributed by atoms with Gasteiger partial charge in [0.25, 0.3) is 0 Å². The Balaban J connectivity index is 1.45. The molecule has 8 unspecified atom stereocenters. The maximum absolute atomic E-state index is 12.9. The molecule has 3 nitrogen and oxygen atoms in total. The average molecular weight is 330 g/mol. The van der Waals surface area contributed by atoms with Gasteiger partial charge in [0, 0.05) is 17.8 Å². The van der Waals surface area contributed by atoms with E-state index in [2.05, 4.69) is 13.8 Å². The van der Waals surface area contributed by atoms with Gasteiger partial charge in [-0.1, -0.05) is 13.8 Å². The molecule has 0 spiro atoms. The summed E-state index contributed by atoms with van der Waals surface area (Å²) in [5.41, 5.74) is -0.760. The van der Waals surface area contributed by atoms with Crippen molar-refractivity contribution in [2.75, 3.05) is 0 Å². The summed E-state index contributed by atoms with van der Waals surface area (Å²) in [6.07, 6.45) is 6.50. The van der Waals surface area contributed by atoms with Crippen molar-refractivity contribution in [1.82, 2.24) is 0 Å². The van der Waals surface area contributed by atoms with E-state index >= 15 is 0 Å². The number of Topliss-reactive ketones (excluding diaryl/α,β-unsaturated/α-hetero) is 1. The molecule has 3 heteroatoms. The second kappa shape index (κ2) is 3.96. The van der Waals surface area contributed by atoms with Crippen LogP contribution in [-0.4, -0.2) is 27.7 Å². The summed E-state index contributed by atoms with van der Waals surface area (Å²) in [6.45, 7) is 4.60. The Labute approximate surface area is 144 Å². The molecule has 11 atom stereocenters. The van der Waals surface area contributed by atoms with Gasteiger partial charge < -0.3 is 10.2 Å². The molecule has 0 saturated heterocycles.